The topological polar surface area (TPSA) is 73.1 Å². The van der Waals surface area contributed by atoms with E-state index in [-0.39, 0.29) is 11.8 Å². The molecule has 1 fully saturated rings. The van der Waals surface area contributed by atoms with Crippen molar-refractivity contribution in [2.24, 2.45) is 11.8 Å². The third-order valence-corrected chi connectivity index (χ3v) is 5.30. The minimum atomic E-state index is -0.0869. The van der Waals surface area contributed by atoms with Gasteiger partial charge in [-0.05, 0) is 25.7 Å². The van der Waals surface area contributed by atoms with Crippen LogP contribution in [0.4, 0.5) is 0 Å². The summed E-state index contributed by atoms with van der Waals surface area (Å²) < 4.78 is 8.10. The van der Waals surface area contributed by atoms with Crippen LogP contribution in [0, 0.1) is 18.8 Å². The van der Waals surface area contributed by atoms with Gasteiger partial charge in [0, 0.05) is 38.0 Å². The molecule has 1 atom stereocenters. The molecule has 26 heavy (non-hydrogen) atoms. The van der Waals surface area contributed by atoms with Crippen LogP contribution < -0.4 is 0 Å². The third-order valence-electron chi connectivity index (χ3n) is 5.30. The molecule has 1 saturated carbocycles. The smallest absolute Gasteiger partial charge is 0.274 e. The number of nitrogens with zero attached hydrogens (tertiary/aromatic N) is 5. The molecule has 1 aliphatic heterocycles. The first-order valence-electron chi connectivity index (χ1n) is 9.33. The van der Waals surface area contributed by atoms with Gasteiger partial charge in [0.2, 0.25) is 0 Å². The average Bonchev–Trinajstić information content (AvgIpc) is 2.95. The van der Waals surface area contributed by atoms with E-state index in [2.05, 4.69) is 19.5 Å². The van der Waals surface area contributed by atoms with Crippen molar-refractivity contribution in [3.05, 3.63) is 42.0 Å². The summed E-state index contributed by atoms with van der Waals surface area (Å²) in [6.07, 6.45) is 10.8. The summed E-state index contributed by atoms with van der Waals surface area (Å²) in [5.74, 6) is 0.883. The number of amides is 1. The summed E-state index contributed by atoms with van der Waals surface area (Å²) in [6, 6.07) is 0. The number of carbonyl (C=O) groups is 1. The second-order valence-corrected chi connectivity index (χ2v) is 7.47. The van der Waals surface area contributed by atoms with Crippen molar-refractivity contribution in [2.75, 3.05) is 19.8 Å². The van der Waals surface area contributed by atoms with Crippen LogP contribution >= 0.6 is 0 Å². The number of imidazole rings is 1. The SMILES string of the molecule is Cc1cnc(C(=O)N2Cc3cncn3CC(COCC3CCC3)C2)cn1. The lowest BCUT2D eigenvalue weighted by Gasteiger charge is -2.27. The second-order valence-electron chi connectivity index (χ2n) is 7.47. The minimum absolute atomic E-state index is 0.0869. The van der Waals surface area contributed by atoms with Crippen molar-refractivity contribution in [1.29, 1.82) is 0 Å². The molecule has 0 radical (unpaired) electrons. The monoisotopic (exact) mass is 355 g/mol. The van der Waals surface area contributed by atoms with E-state index in [0.29, 0.717) is 25.4 Å². The average molecular weight is 355 g/mol. The molecular formula is C19H25N5O2. The molecular weight excluding hydrogens is 330 g/mol. The Morgan fingerprint density at radius 3 is 2.73 bits per heavy atom. The molecule has 2 aromatic heterocycles. The Hall–Kier alpha value is -2.28. The normalized spacial score (nSPS) is 20.3. The summed E-state index contributed by atoms with van der Waals surface area (Å²) in [7, 11) is 0. The molecule has 0 aromatic carbocycles. The molecule has 7 nitrogen and oxygen atoms in total. The zero-order chi connectivity index (χ0) is 17.9. The number of fused-ring (bicyclic) bond motifs is 1. The van der Waals surface area contributed by atoms with Crippen molar-refractivity contribution >= 4 is 5.91 Å². The van der Waals surface area contributed by atoms with Crippen LogP contribution in [0.15, 0.2) is 24.9 Å². The molecule has 0 bridgehead atoms. The van der Waals surface area contributed by atoms with E-state index in [1.807, 2.05) is 24.3 Å². The van der Waals surface area contributed by atoms with E-state index < -0.39 is 0 Å². The molecule has 4 rings (SSSR count). The van der Waals surface area contributed by atoms with E-state index >= 15 is 0 Å². The van der Waals surface area contributed by atoms with Crippen molar-refractivity contribution in [1.82, 2.24) is 24.4 Å². The molecule has 2 aliphatic rings. The Kier molecular flexibility index (Phi) is 4.97. The van der Waals surface area contributed by atoms with Crippen LogP contribution in [-0.2, 0) is 17.8 Å². The quantitative estimate of drug-likeness (QED) is 0.821. The predicted octanol–water partition coefficient (Wildman–Crippen LogP) is 2.07. The number of aromatic nitrogens is 4. The van der Waals surface area contributed by atoms with Crippen molar-refractivity contribution in [3.63, 3.8) is 0 Å². The first-order valence-corrected chi connectivity index (χ1v) is 9.33. The van der Waals surface area contributed by atoms with Crippen LogP contribution in [-0.4, -0.2) is 50.1 Å². The van der Waals surface area contributed by atoms with Gasteiger partial charge in [-0.1, -0.05) is 6.42 Å². The van der Waals surface area contributed by atoms with Gasteiger partial charge in [0.15, 0.2) is 0 Å². The van der Waals surface area contributed by atoms with Gasteiger partial charge in [0.25, 0.3) is 5.91 Å². The van der Waals surface area contributed by atoms with Crippen LogP contribution in [0.25, 0.3) is 0 Å². The first kappa shape index (κ1) is 17.1. The highest BCUT2D eigenvalue weighted by Gasteiger charge is 2.27. The molecule has 2 aromatic rings. The maximum Gasteiger partial charge on any atom is 0.274 e. The number of carbonyl (C=O) groups excluding carboxylic acids is 1. The maximum atomic E-state index is 12.9. The zero-order valence-corrected chi connectivity index (χ0v) is 15.2. The molecule has 138 valence electrons. The molecule has 1 aliphatic carbocycles. The van der Waals surface area contributed by atoms with Crippen molar-refractivity contribution < 1.29 is 9.53 Å². The zero-order valence-electron chi connectivity index (χ0n) is 15.2. The fraction of sp³-hybridized carbons (Fsp3) is 0.579. The molecule has 7 heteroatoms. The number of ether oxygens (including phenoxy) is 1. The standard InChI is InChI=1S/C19H25N5O2/c1-14-5-22-18(7-21-14)19(25)23-8-16(12-26-11-15-3-2-4-15)9-24-13-20-6-17(24)10-23/h5-7,13,15-16H,2-4,8-12H2,1H3. The summed E-state index contributed by atoms with van der Waals surface area (Å²) in [5.41, 5.74) is 2.23. The van der Waals surface area contributed by atoms with E-state index in [4.69, 9.17) is 4.74 Å². The van der Waals surface area contributed by atoms with Crippen LogP contribution in [0.3, 0.4) is 0 Å². The Balaban J connectivity index is 1.46. The Labute approximate surface area is 153 Å². The van der Waals surface area contributed by atoms with E-state index in [9.17, 15) is 4.79 Å². The molecule has 1 amide bonds. The molecule has 0 spiro atoms. The second kappa shape index (κ2) is 7.53. The molecule has 1 unspecified atom stereocenters. The van der Waals surface area contributed by atoms with Gasteiger partial charge in [-0.2, -0.15) is 0 Å². The molecule has 0 saturated heterocycles. The van der Waals surface area contributed by atoms with E-state index in [1.165, 1.54) is 19.3 Å². The predicted molar refractivity (Wildman–Crippen MR) is 95.4 cm³/mol. The number of aryl methyl sites for hydroxylation is 1. The van der Waals surface area contributed by atoms with Crippen LogP contribution in [0.2, 0.25) is 0 Å². The van der Waals surface area contributed by atoms with E-state index in [1.54, 1.807) is 12.4 Å². The highest BCUT2D eigenvalue weighted by molar-refractivity contribution is 5.92. The molecule has 0 N–H and O–H groups in total. The first-order chi connectivity index (χ1) is 12.7. The lowest BCUT2D eigenvalue weighted by atomic mass is 9.86. The summed E-state index contributed by atoms with van der Waals surface area (Å²) in [6.45, 7) is 5.38. The Morgan fingerprint density at radius 1 is 1.15 bits per heavy atom. The van der Waals surface area contributed by atoms with Crippen LogP contribution in [0.1, 0.15) is 41.1 Å². The minimum Gasteiger partial charge on any atom is -0.381 e. The highest BCUT2D eigenvalue weighted by atomic mass is 16.5. The number of rotatable bonds is 5. The van der Waals surface area contributed by atoms with Gasteiger partial charge in [0.05, 0.1) is 37.1 Å². The highest BCUT2D eigenvalue weighted by Crippen LogP contribution is 2.26. The summed E-state index contributed by atoms with van der Waals surface area (Å²) >= 11 is 0. The number of hydrogen-bond acceptors (Lipinski definition) is 5. The third kappa shape index (κ3) is 3.77. The van der Waals surface area contributed by atoms with Gasteiger partial charge in [-0.15, -0.1) is 0 Å². The van der Waals surface area contributed by atoms with Gasteiger partial charge >= 0.3 is 0 Å². The summed E-state index contributed by atoms with van der Waals surface area (Å²) in [5, 5.41) is 0. The van der Waals surface area contributed by atoms with Crippen molar-refractivity contribution in [2.45, 2.75) is 39.3 Å². The molecule has 3 heterocycles. The van der Waals surface area contributed by atoms with Gasteiger partial charge in [-0.3, -0.25) is 9.78 Å². The Bertz CT molecular complexity index is 754. The lowest BCUT2D eigenvalue weighted by molar-refractivity contribution is 0.0345. The summed E-state index contributed by atoms with van der Waals surface area (Å²) in [4.78, 5) is 27.5. The van der Waals surface area contributed by atoms with Crippen molar-refractivity contribution in [3.8, 4) is 0 Å². The van der Waals surface area contributed by atoms with Gasteiger partial charge in [-0.25, -0.2) is 9.97 Å². The lowest BCUT2D eigenvalue weighted by Crippen LogP contribution is -2.36. The number of hydrogen-bond donors (Lipinski definition) is 0. The largest absolute Gasteiger partial charge is 0.381 e. The maximum absolute atomic E-state index is 12.9. The fourth-order valence-electron chi connectivity index (χ4n) is 3.54. The Morgan fingerprint density at radius 2 is 2.00 bits per heavy atom. The van der Waals surface area contributed by atoms with E-state index in [0.717, 1.165) is 30.5 Å². The van der Waals surface area contributed by atoms with Gasteiger partial charge < -0.3 is 14.2 Å². The van der Waals surface area contributed by atoms with Gasteiger partial charge in [0.1, 0.15) is 5.69 Å². The van der Waals surface area contributed by atoms with Crippen LogP contribution in [0.5, 0.6) is 0 Å². The fourth-order valence-corrected chi connectivity index (χ4v) is 3.54.